The van der Waals surface area contributed by atoms with Crippen LogP contribution >= 0.6 is 0 Å². The van der Waals surface area contributed by atoms with E-state index in [1.165, 1.54) is 45.4 Å². The molecular weight excluding hydrogens is 184 g/mol. The molecule has 92 valence electrons. The second-order valence-corrected chi connectivity index (χ2v) is 4.28. The molecule has 0 radical (unpaired) electrons. The van der Waals surface area contributed by atoms with Crippen LogP contribution in [0.5, 0.6) is 0 Å². The number of rotatable bonds is 5. The van der Waals surface area contributed by atoms with Crippen LogP contribution in [-0.4, -0.2) is 49.1 Å². The molecule has 0 saturated carbocycles. The van der Waals surface area contributed by atoms with Crippen molar-refractivity contribution < 1.29 is 0 Å². The van der Waals surface area contributed by atoms with Gasteiger partial charge in [-0.15, -0.1) is 0 Å². The average molecular weight is 214 g/mol. The molecule has 1 heterocycles. The zero-order valence-corrected chi connectivity index (χ0v) is 11.4. The topological polar surface area (TPSA) is 6.48 Å². The fourth-order valence-corrected chi connectivity index (χ4v) is 1.93. The molecule has 1 rings (SSSR count). The zero-order chi connectivity index (χ0) is 11.7. The molecule has 2 heteroatoms. The maximum atomic E-state index is 2.63. The summed E-state index contributed by atoms with van der Waals surface area (Å²) in [6, 6.07) is 0.788. The van der Waals surface area contributed by atoms with E-state index in [1.54, 1.807) is 0 Å². The van der Waals surface area contributed by atoms with Crippen LogP contribution in [0.4, 0.5) is 0 Å². The van der Waals surface area contributed by atoms with Crippen LogP contribution in [0.3, 0.4) is 0 Å². The van der Waals surface area contributed by atoms with Gasteiger partial charge in [-0.25, -0.2) is 0 Å². The van der Waals surface area contributed by atoms with E-state index >= 15 is 0 Å². The monoisotopic (exact) mass is 214 g/mol. The second kappa shape index (κ2) is 9.17. The third kappa shape index (κ3) is 6.16. The molecule has 0 amide bonds. The number of hydrogen-bond donors (Lipinski definition) is 0. The number of hydrogen-bond acceptors (Lipinski definition) is 2. The minimum atomic E-state index is 0.788. The highest BCUT2D eigenvalue weighted by Gasteiger charge is 2.17. The summed E-state index contributed by atoms with van der Waals surface area (Å²) in [6.07, 6.45) is 4.15. The van der Waals surface area contributed by atoms with Crippen LogP contribution in [0.1, 0.15) is 47.0 Å². The number of nitrogens with zero attached hydrogens (tertiary/aromatic N) is 2. The Kier molecular flexibility index (Phi) is 9.12. The first kappa shape index (κ1) is 14.9. The van der Waals surface area contributed by atoms with Crippen LogP contribution in [0.25, 0.3) is 0 Å². The summed E-state index contributed by atoms with van der Waals surface area (Å²) < 4.78 is 0. The molecule has 0 N–H and O–H groups in total. The van der Waals surface area contributed by atoms with Crippen molar-refractivity contribution in [1.29, 1.82) is 0 Å². The van der Waals surface area contributed by atoms with Gasteiger partial charge < -0.3 is 9.80 Å². The molecule has 1 saturated heterocycles. The van der Waals surface area contributed by atoms with Gasteiger partial charge in [-0.1, -0.05) is 20.8 Å². The van der Waals surface area contributed by atoms with E-state index in [0.29, 0.717) is 0 Å². The predicted molar refractivity (Wildman–Crippen MR) is 69.4 cm³/mol. The lowest BCUT2D eigenvalue weighted by atomic mass is 10.2. The third-order valence-corrected chi connectivity index (χ3v) is 3.23. The Hall–Kier alpha value is -0.0800. The van der Waals surface area contributed by atoms with Gasteiger partial charge in [0.1, 0.15) is 0 Å². The van der Waals surface area contributed by atoms with Crippen molar-refractivity contribution >= 4 is 0 Å². The Labute approximate surface area is 96.6 Å². The predicted octanol–water partition coefficient (Wildman–Crippen LogP) is 2.84. The van der Waals surface area contributed by atoms with Crippen molar-refractivity contribution in [2.24, 2.45) is 0 Å². The molecule has 0 aliphatic carbocycles. The van der Waals surface area contributed by atoms with E-state index in [1.807, 2.05) is 13.8 Å². The molecule has 0 bridgehead atoms. The van der Waals surface area contributed by atoms with Gasteiger partial charge in [0.2, 0.25) is 0 Å². The van der Waals surface area contributed by atoms with Crippen LogP contribution in [0.15, 0.2) is 0 Å². The van der Waals surface area contributed by atoms with Gasteiger partial charge in [-0.3, -0.25) is 0 Å². The maximum absolute atomic E-state index is 2.63. The van der Waals surface area contributed by atoms with Gasteiger partial charge in [0.05, 0.1) is 0 Å². The van der Waals surface area contributed by atoms with E-state index in [0.717, 1.165) is 6.04 Å². The van der Waals surface area contributed by atoms with Crippen molar-refractivity contribution in [3.63, 3.8) is 0 Å². The Bertz CT molecular complexity index is 130. The fourth-order valence-electron chi connectivity index (χ4n) is 1.93. The summed E-state index contributed by atoms with van der Waals surface area (Å²) in [5, 5.41) is 0. The Morgan fingerprint density at radius 3 is 2.20 bits per heavy atom. The summed E-state index contributed by atoms with van der Waals surface area (Å²) in [6.45, 7) is 13.7. The maximum Gasteiger partial charge on any atom is 0.00790 e. The van der Waals surface area contributed by atoms with Crippen LogP contribution < -0.4 is 0 Å². The minimum absolute atomic E-state index is 0.788. The van der Waals surface area contributed by atoms with Crippen LogP contribution in [0.2, 0.25) is 0 Å². The number of likely N-dealkylation sites (tertiary alicyclic amines) is 1. The van der Waals surface area contributed by atoms with Crippen molar-refractivity contribution in [3.05, 3.63) is 0 Å². The Morgan fingerprint density at radius 2 is 1.73 bits per heavy atom. The van der Waals surface area contributed by atoms with Gasteiger partial charge in [0.15, 0.2) is 0 Å². The Morgan fingerprint density at radius 1 is 1.20 bits per heavy atom. The van der Waals surface area contributed by atoms with Crippen LogP contribution in [-0.2, 0) is 0 Å². The molecule has 0 aromatic heterocycles. The molecule has 1 aliphatic heterocycles. The molecular formula is C13H30N2. The summed E-state index contributed by atoms with van der Waals surface area (Å²) in [5.41, 5.74) is 0. The van der Waals surface area contributed by atoms with Crippen molar-refractivity contribution in [2.45, 2.75) is 53.0 Å². The molecule has 0 aromatic rings. The molecule has 1 unspecified atom stereocenters. The lowest BCUT2D eigenvalue weighted by Crippen LogP contribution is -2.33. The van der Waals surface area contributed by atoms with Gasteiger partial charge in [-0.05, 0) is 59.4 Å². The lowest BCUT2D eigenvalue weighted by Gasteiger charge is -2.25. The van der Waals surface area contributed by atoms with E-state index in [4.69, 9.17) is 0 Å². The van der Waals surface area contributed by atoms with Crippen molar-refractivity contribution in [2.75, 3.05) is 33.2 Å². The fraction of sp³-hybridized carbons (Fsp3) is 1.00. The SMILES string of the molecule is CC.CCN(C)CCC(C)N1CCCC1. The van der Waals surface area contributed by atoms with Crippen molar-refractivity contribution in [1.82, 2.24) is 9.80 Å². The highest BCUT2D eigenvalue weighted by atomic mass is 15.2. The molecule has 0 aromatic carbocycles. The first-order valence-electron chi connectivity index (χ1n) is 6.66. The smallest absolute Gasteiger partial charge is 0.00790 e. The highest BCUT2D eigenvalue weighted by Crippen LogP contribution is 2.13. The van der Waals surface area contributed by atoms with Gasteiger partial charge in [-0.2, -0.15) is 0 Å². The molecule has 1 aliphatic rings. The summed E-state index contributed by atoms with van der Waals surface area (Å²) >= 11 is 0. The van der Waals surface area contributed by atoms with Gasteiger partial charge in [0, 0.05) is 6.04 Å². The molecule has 15 heavy (non-hydrogen) atoms. The molecule has 2 nitrogen and oxygen atoms in total. The lowest BCUT2D eigenvalue weighted by molar-refractivity contribution is 0.220. The second-order valence-electron chi connectivity index (χ2n) is 4.28. The van der Waals surface area contributed by atoms with E-state index in [2.05, 4.69) is 30.7 Å². The first-order chi connectivity index (χ1) is 7.24. The zero-order valence-electron chi connectivity index (χ0n) is 11.4. The largest absolute Gasteiger partial charge is 0.307 e. The molecule has 1 atom stereocenters. The van der Waals surface area contributed by atoms with Crippen LogP contribution in [0, 0.1) is 0 Å². The van der Waals surface area contributed by atoms with Crippen molar-refractivity contribution in [3.8, 4) is 0 Å². The van der Waals surface area contributed by atoms with E-state index in [-0.39, 0.29) is 0 Å². The standard InChI is InChI=1S/C11H24N2.C2H6/c1-4-12(3)10-7-11(2)13-8-5-6-9-13;1-2/h11H,4-10H2,1-3H3;1-2H3. The minimum Gasteiger partial charge on any atom is -0.307 e. The van der Waals surface area contributed by atoms with E-state index < -0.39 is 0 Å². The summed E-state index contributed by atoms with van der Waals surface area (Å²) in [4.78, 5) is 5.02. The first-order valence-corrected chi connectivity index (χ1v) is 6.66. The summed E-state index contributed by atoms with van der Waals surface area (Å²) in [7, 11) is 2.21. The average Bonchev–Trinajstić information content (AvgIpc) is 2.81. The summed E-state index contributed by atoms with van der Waals surface area (Å²) in [5.74, 6) is 0. The van der Waals surface area contributed by atoms with Gasteiger partial charge >= 0.3 is 0 Å². The molecule has 1 fully saturated rings. The highest BCUT2D eigenvalue weighted by molar-refractivity contribution is 4.73. The van der Waals surface area contributed by atoms with Gasteiger partial charge in [0.25, 0.3) is 0 Å². The normalized spacial score (nSPS) is 18.8. The third-order valence-electron chi connectivity index (χ3n) is 3.23. The van der Waals surface area contributed by atoms with E-state index in [9.17, 15) is 0 Å². The molecule has 0 spiro atoms. The quantitative estimate of drug-likeness (QED) is 0.694. The Balaban J connectivity index is 0.000000921.